The number of aromatic nitrogens is 2. The predicted octanol–water partition coefficient (Wildman–Crippen LogP) is 3.21. The standard InChI is InChI=1S/C22H36N6O2/c1-3-19(29)26-16-9-11-17(12-10-16)27-21-18(20(23)30)13-24-22(28-21)25-14(2)15-7-5-4-6-8-15/h13-17H,3-12H2,1-2H3,(H2,23,30)(H,26,29)(H2,24,25,27,28)/t14-,16-,17-/m0/s1. The van der Waals surface area contributed by atoms with Gasteiger partial charge in [0.2, 0.25) is 11.9 Å². The van der Waals surface area contributed by atoms with Crippen LogP contribution in [0.5, 0.6) is 0 Å². The number of nitrogens with zero attached hydrogens (tertiary/aromatic N) is 2. The number of nitrogens with two attached hydrogens (primary N) is 1. The summed E-state index contributed by atoms with van der Waals surface area (Å²) in [7, 11) is 0. The van der Waals surface area contributed by atoms with E-state index in [9.17, 15) is 9.59 Å². The SMILES string of the molecule is CCC(=O)N[C@H]1CC[C@H](Nc2nc(N[C@@H](C)C3CCCCC3)ncc2C(N)=O)CC1. The highest BCUT2D eigenvalue weighted by Gasteiger charge is 2.25. The second-order valence-electron chi connectivity index (χ2n) is 8.77. The zero-order valence-electron chi connectivity index (χ0n) is 18.2. The van der Waals surface area contributed by atoms with Crippen molar-refractivity contribution >= 4 is 23.6 Å². The Morgan fingerprint density at radius 2 is 1.77 bits per heavy atom. The number of amides is 2. The van der Waals surface area contributed by atoms with Crippen LogP contribution < -0.4 is 21.7 Å². The van der Waals surface area contributed by atoms with Gasteiger partial charge >= 0.3 is 0 Å². The Hall–Kier alpha value is -2.38. The summed E-state index contributed by atoms with van der Waals surface area (Å²) in [5.41, 5.74) is 5.87. The van der Waals surface area contributed by atoms with Crippen molar-refractivity contribution in [2.24, 2.45) is 11.7 Å². The lowest BCUT2D eigenvalue weighted by atomic mass is 9.85. The second kappa shape index (κ2) is 10.6. The molecule has 0 bridgehead atoms. The second-order valence-corrected chi connectivity index (χ2v) is 8.77. The zero-order chi connectivity index (χ0) is 21.5. The number of hydrogen-bond acceptors (Lipinski definition) is 6. The maximum Gasteiger partial charge on any atom is 0.254 e. The van der Waals surface area contributed by atoms with Crippen LogP contribution >= 0.6 is 0 Å². The lowest BCUT2D eigenvalue weighted by Crippen LogP contribution is -2.40. The molecule has 1 aromatic heterocycles. The van der Waals surface area contributed by atoms with E-state index in [1.165, 1.54) is 38.3 Å². The molecule has 1 aromatic rings. The molecule has 3 rings (SSSR count). The molecular weight excluding hydrogens is 380 g/mol. The zero-order valence-corrected chi connectivity index (χ0v) is 18.2. The van der Waals surface area contributed by atoms with Crippen molar-refractivity contribution in [1.82, 2.24) is 15.3 Å². The Morgan fingerprint density at radius 1 is 1.10 bits per heavy atom. The average molecular weight is 417 g/mol. The molecule has 0 aliphatic heterocycles. The third kappa shape index (κ3) is 6.06. The van der Waals surface area contributed by atoms with E-state index in [0.29, 0.717) is 29.7 Å². The molecule has 8 heteroatoms. The van der Waals surface area contributed by atoms with Gasteiger partial charge in [-0.1, -0.05) is 26.2 Å². The van der Waals surface area contributed by atoms with Gasteiger partial charge < -0.3 is 21.7 Å². The van der Waals surface area contributed by atoms with Gasteiger partial charge in [-0.2, -0.15) is 4.98 Å². The molecule has 0 unspecified atom stereocenters. The van der Waals surface area contributed by atoms with Gasteiger partial charge in [0.1, 0.15) is 5.82 Å². The average Bonchev–Trinajstić information content (AvgIpc) is 2.75. The van der Waals surface area contributed by atoms with E-state index in [0.717, 1.165) is 25.7 Å². The molecular formula is C22H36N6O2. The molecule has 2 saturated carbocycles. The van der Waals surface area contributed by atoms with Crippen molar-refractivity contribution in [3.8, 4) is 0 Å². The van der Waals surface area contributed by atoms with Crippen molar-refractivity contribution in [2.75, 3.05) is 10.6 Å². The van der Waals surface area contributed by atoms with Crippen molar-refractivity contribution in [2.45, 2.75) is 96.2 Å². The Bertz CT molecular complexity index is 726. The van der Waals surface area contributed by atoms with Gasteiger partial charge in [0.25, 0.3) is 5.91 Å². The van der Waals surface area contributed by atoms with Crippen LogP contribution in [0.2, 0.25) is 0 Å². The number of primary amides is 1. The molecule has 0 aromatic carbocycles. The Morgan fingerprint density at radius 3 is 2.40 bits per heavy atom. The van der Waals surface area contributed by atoms with E-state index in [-0.39, 0.29) is 24.0 Å². The highest BCUT2D eigenvalue weighted by atomic mass is 16.2. The van der Waals surface area contributed by atoms with E-state index in [1.807, 2.05) is 6.92 Å². The lowest BCUT2D eigenvalue weighted by molar-refractivity contribution is -0.121. The predicted molar refractivity (Wildman–Crippen MR) is 118 cm³/mol. The van der Waals surface area contributed by atoms with Gasteiger partial charge in [-0.25, -0.2) is 4.98 Å². The molecule has 2 amide bonds. The Labute approximate surface area is 179 Å². The molecule has 8 nitrogen and oxygen atoms in total. The van der Waals surface area contributed by atoms with Crippen LogP contribution in [-0.2, 0) is 4.79 Å². The van der Waals surface area contributed by atoms with Crippen LogP contribution in [0, 0.1) is 5.92 Å². The van der Waals surface area contributed by atoms with E-state index < -0.39 is 5.91 Å². The minimum absolute atomic E-state index is 0.0982. The number of carbonyl (C=O) groups is 2. The van der Waals surface area contributed by atoms with Crippen LogP contribution in [0.4, 0.5) is 11.8 Å². The van der Waals surface area contributed by atoms with Crippen molar-refractivity contribution in [3.05, 3.63) is 11.8 Å². The molecule has 0 radical (unpaired) electrons. The molecule has 0 spiro atoms. The number of hydrogen-bond donors (Lipinski definition) is 4. The van der Waals surface area contributed by atoms with Gasteiger partial charge in [-0.15, -0.1) is 0 Å². The fourth-order valence-electron chi connectivity index (χ4n) is 4.60. The quantitative estimate of drug-likeness (QED) is 0.516. The summed E-state index contributed by atoms with van der Waals surface area (Å²) in [6.07, 6.45) is 12.0. The number of anilines is 2. The molecule has 0 saturated heterocycles. The third-order valence-electron chi connectivity index (χ3n) is 6.52. The summed E-state index contributed by atoms with van der Waals surface area (Å²) in [6, 6.07) is 0.705. The molecule has 1 heterocycles. The van der Waals surface area contributed by atoms with Crippen LogP contribution in [0.3, 0.4) is 0 Å². The first-order valence-electron chi connectivity index (χ1n) is 11.5. The molecule has 2 fully saturated rings. The minimum Gasteiger partial charge on any atom is -0.367 e. The van der Waals surface area contributed by atoms with Crippen LogP contribution in [-0.4, -0.2) is 39.9 Å². The van der Waals surface area contributed by atoms with Gasteiger partial charge in [-0.3, -0.25) is 9.59 Å². The van der Waals surface area contributed by atoms with E-state index in [1.54, 1.807) is 0 Å². The van der Waals surface area contributed by atoms with E-state index in [4.69, 9.17) is 5.73 Å². The van der Waals surface area contributed by atoms with E-state index in [2.05, 4.69) is 32.8 Å². The topological polar surface area (TPSA) is 122 Å². The van der Waals surface area contributed by atoms with Crippen molar-refractivity contribution < 1.29 is 9.59 Å². The first-order valence-corrected chi connectivity index (χ1v) is 11.5. The van der Waals surface area contributed by atoms with Crippen molar-refractivity contribution in [3.63, 3.8) is 0 Å². The highest BCUT2D eigenvalue weighted by molar-refractivity contribution is 5.97. The summed E-state index contributed by atoms with van der Waals surface area (Å²) in [6.45, 7) is 4.05. The number of nitrogens with one attached hydrogen (secondary N) is 3. The van der Waals surface area contributed by atoms with Gasteiger partial charge in [-0.05, 0) is 51.4 Å². The normalized spacial score (nSPS) is 23.4. The number of rotatable bonds is 8. The van der Waals surface area contributed by atoms with Gasteiger partial charge in [0.05, 0.1) is 5.56 Å². The molecule has 30 heavy (non-hydrogen) atoms. The lowest BCUT2D eigenvalue weighted by Gasteiger charge is -2.30. The highest BCUT2D eigenvalue weighted by Crippen LogP contribution is 2.28. The molecule has 5 N–H and O–H groups in total. The molecule has 1 atom stereocenters. The fourth-order valence-corrected chi connectivity index (χ4v) is 4.60. The molecule has 2 aliphatic carbocycles. The van der Waals surface area contributed by atoms with Crippen LogP contribution in [0.25, 0.3) is 0 Å². The smallest absolute Gasteiger partial charge is 0.254 e. The molecule has 2 aliphatic rings. The van der Waals surface area contributed by atoms with Gasteiger partial charge in [0, 0.05) is 30.7 Å². The maximum absolute atomic E-state index is 11.9. The fraction of sp³-hybridized carbons (Fsp3) is 0.727. The van der Waals surface area contributed by atoms with Crippen molar-refractivity contribution in [1.29, 1.82) is 0 Å². The van der Waals surface area contributed by atoms with E-state index >= 15 is 0 Å². The monoisotopic (exact) mass is 416 g/mol. The molecule has 166 valence electrons. The van der Waals surface area contributed by atoms with Crippen LogP contribution in [0.1, 0.15) is 88.4 Å². The van der Waals surface area contributed by atoms with Crippen LogP contribution in [0.15, 0.2) is 6.20 Å². The summed E-state index contributed by atoms with van der Waals surface area (Å²) < 4.78 is 0. The summed E-state index contributed by atoms with van der Waals surface area (Å²) in [5, 5.41) is 9.90. The number of carbonyl (C=O) groups excluding carboxylic acids is 2. The Kier molecular flexibility index (Phi) is 7.87. The summed E-state index contributed by atoms with van der Waals surface area (Å²) >= 11 is 0. The Balaban J connectivity index is 1.62. The maximum atomic E-state index is 11.9. The third-order valence-corrected chi connectivity index (χ3v) is 6.52. The first kappa shape index (κ1) is 22.3. The first-order chi connectivity index (χ1) is 14.5. The largest absolute Gasteiger partial charge is 0.367 e. The summed E-state index contributed by atoms with van der Waals surface area (Å²) in [4.78, 5) is 32.4. The van der Waals surface area contributed by atoms with Gasteiger partial charge in [0.15, 0.2) is 0 Å². The summed E-state index contributed by atoms with van der Waals surface area (Å²) in [5.74, 6) is 1.22. The minimum atomic E-state index is -0.534.